The van der Waals surface area contributed by atoms with Crippen LogP contribution in [0, 0.1) is 5.82 Å². The molecule has 1 aromatic rings. The van der Waals surface area contributed by atoms with Crippen molar-refractivity contribution in [1.29, 1.82) is 0 Å². The Morgan fingerprint density at radius 2 is 2.04 bits per heavy atom. The summed E-state index contributed by atoms with van der Waals surface area (Å²) in [6.45, 7) is 2.79. The highest BCUT2D eigenvalue weighted by atomic mass is 35.5. The summed E-state index contributed by atoms with van der Waals surface area (Å²) in [7, 11) is 0. The van der Waals surface area contributed by atoms with Gasteiger partial charge in [0.05, 0.1) is 5.02 Å². The van der Waals surface area contributed by atoms with Crippen molar-refractivity contribution in [2.24, 2.45) is 0 Å². The Morgan fingerprint density at radius 1 is 1.35 bits per heavy atom. The Labute approximate surface area is 156 Å². The molecule has 6 nitrogen and oxygen atoms in total. The highest BCUT2D eigenvalue weighted by Gasteiger charge is 2.42. The molecule has 26 heavy (non-hydrogen) atoms. The summed E-state index contributed by atoms with van der Waals surface area (Å²) in [6, 6.07) is 4.33. The molecule has 0 saturated carbocycles. The van der Waals surface area contributed by atoms with Crippen LogP contribution in [0.5, 0.6) is 0 Å². The molecular formula is C18H21ClFN3O3. The van der Waals surface area contributed by atoms with E-state index in [0.717, 1.165) is 18.4 Å². The SMILES string of the molecule is CC1(CCC(=O)N2CCC(c3ccc(Cl)c(F)c3)CC2)NC(=O)NC1=O. The number of carbonyl (C=O) groups excluding carboxylic acids is 3. The van der Waals surface area contributed by atoms with Crippen LogP contribution >= 0.6 is 11.6 Å². The van der Waals surface area contributed by atoms with Crippen molar-refractivity contribution in [1.82, 2.24) is 15.5 Å². The number of halogens is 2. The number of imide groups is 1. The summed E-state index contributed by atoms with van der Waals surface area (Å²) in [5, 5.41) is 4.86. The second-order valence-electron chi connectivity index (χ2n) is 7.07. The van der Waals surface area contributed by atoms with E-state index in [1.54, 1.807) is 17.9 Å². The Bertz CT molecular complexity index is 749. The van der Waals surface area contributed by atoms with Crippen LogP contribution in [0.3, 0.4) is 0 Å². The molecule has 2 aliphatic heterocycles. The maximum Gasteiger partial charge on any atom is 0.322 e. The van der Waals surface area contributed by atoms with Gasteiger partial charge in [0.2, 0.25) is 5.91 Å². The second-order valence-corrected chi connectivity index (χ2v) is 7.48. The molecule has 0 aromatic heterocycles. The first-order valence-electron chi connectivity index (χ1n) is 8.65. The van der Waals surface area contributed by atoms with E-state index < -0.39 is 23.3 Å². The number of nitrogens with one attached hydrogen (secondary N) is 2. The fourth-order valence-electron chi connectivity index (χ4n) is 3.50. The van der Waals surface area contributed by atoms with Gasteiger partial charge >= 0.3 is 6.03 Å². The number of hydrogen-bond acceptors (Lipinski definition) is 3. The highest BCUT2D eigenvalue weighted by Crippen LogP contribution is 2.30. The quantitative estimate of drug-likeness (QED) is 0.787. The van der Waals surface area contributed by atoms with Crippen LogP contribution in [0.4, 0.5) is 9.18 Å². The zero-order chi connectivity index (χ0) is 18.9. The van der Waals surface area contributed by atoms with Gasteiger partial charge in [0.1, 0.15) is 11.4 Å². The van der Waals surface area contributed by atoms with Gasteiger partial charge in [-0.15, -0.1) is 0 Å². The van der Waals surface area contributed by atoms with E-state index >= 15 is 0 Å². The van der Waals surface area contributed by atoms with Crippen LogP contribution in [0.2, 0.25) is 5.02 Å². The first-order valence-corrected chi connectivity index (χ1v) is 9.02. The van der Waals surface area contributed by atoms with E-state index in [9.17, 15) is 18.8 Å². The first kappa shape index (κ1) is 18.6. The molecule has 1 atom stereocenters. The molecule has 1 aromatic carbocycles. The minimum absolute atomic E-state index is 0.0408. The molecule has 3 rings (SSSR count). The average Bonchev–Trinajstić information content (AvgIpc) is 2.87. The van der Waals surface area contributed by atoms with E-state index in [1.165, 1.54) is 6.07 Å². The molecule has 2 aliphatic rings. The molecule has 0 aliphatic carbocycles. The van der Waals surface area contributed by atoms with E-state index in [2.05, 4.69) is 10.6 Å². The van der Waals surface area contributed by atoms with E-state index in [-0.39, 0.29) is 29.7 Å². The number of nitrogens with zero attached hydrogens (tertiary/aromatic N) is 1. The Kier molecular flexibility index (Phi) is 5.18. The summed E-state index contributed by atoms with van der Waals surface area (Å²) in [4.78, 5) is 37.2. The molecule has 4 amide bonds. The van der Waals surface area contributed by atoms with Crippen molar-refractivity contribution >= 4 is 29.4 Å². The fraction of sp³-hybridized carbons (Fsp3) is 0.500. The molecule has 2 heterocycles. The molecule has 2 saturated heterocycles. The summed E-state index contributed by atoms with van der Waals surface area (Å²) >= 11 is 5.72. The average molecular weight is 382 g/mol. The normalized spacial score (nSPS) is 23.7. The first-order chi connectivity index (χ1) is 12.3. The standard InChI is InChI=1S/C18H21ClFN3O3/c1-18(16(25)21-17(26)22-18)7-4-15(24)23-8-5-11(6-9-23)12-2-3-13(19)14(20)10-12/h2-3,10-11H,4-9H2,1H3,(H2,21,22,25,26). The molecule has 0 radical (unpaired) electrons. The lowest BCUT2D eigenvalue weighted by Crippen LogP contribution is -2.45. The molecular weight excluding hydrogens is 361 g/mol. The van der Waals surface area contributed by atoms with Crippen molar-refractivity contribution in [2.75, 3.05) is 13.1 Å². The van der Waals surface area contributed by atoms with E-state index in [1.807, 2.05) is 6.07 Å². The topological polar surface area (TPSA) is 78.5 Å². The number of likely N-dealkylation sites (tertiary alicyclic amines) is 1. The number of benzene rings is 1. The Balaban J connectivity index is 1.51. The van der Waals surface area contributed by atoms with Crippen molar-refractivity contribution in [3.8, 4) is 0 Å². The number of piperidine rings is 1. The van der Waals surface area contributed by atoms with Gasteiger partial charge in [0.25, 0.3) is 5.91 Å². The van der Waals surface area contributed by atoms with Crippen molar-refractivity contribution in [3.63, 3.8) is 0 Å². The molecule has 2 N–H and O–H groups in total. The zero-order valence-electron chi connectivity index (χ0n) is 14.5. The maximum atomic E-state index is 13.6. The van der Waals surface area contributed by atoms with Gasteiger partial charge in [0, 0.05) is 19.5 Å². The molecule has 1 unspecified atom stereocenters. The van der Waals surface area contributed by atoms with Gasteiger partial charge < -0.3 is 10.2 Å². The van der Waals surface area contributed by atoms with Gasteiger partial charge in [0.15, 0.2) is 0 Å². The lowest BCUT2D eigenvalue weighted by atomic mass is 9.89. The molecule has 0 spiro atoms. The molecule has 0 bridgehead atoms. The number of rotatable bonds is 4. The molecule has 140 valence electrons. The van der Waals surface area contributed by atoms with Gasteiger partial charge in [-0.1, -0.05) is 17.7 Å². The minimum atomic E-state index is -1.04. The van der Waals surface area contributed by atoms with Crippen molar-refractivity contribution in [3.05, 3.63) is 34.6 Å². The van der Waals surface area contributed by atoms with Gasteiger partial charge in [-0.2, -0.15) is 0 Å². The Morgan fingerprint density at radius 3 is 2.62 bits per heavy atom. The number of carbonyl (C=O) groups is 3. The lowest BCUT2D eigenvalue weighted by Gasteiger charge is -2.33. The lowest BCUT2D eigenvalue weighted by molar-refractivity contribution is -0.133. The maximum absolute atomic E-state index is 13.6. The fourth-order valence-corrected chi connectivity index (χ4v) is 3.62. The van der Waals surface area contributed by atoms with Gasteiger partial charge in [-0.05, 0) is 49.8 Å². The van der Waals surface area contributed by atoms with Crippen molar-refractivity contribution < 1.29 is 18.8 Å². The highest BCUT2D eigenvalue weighted by molar-refractivity contribution is 6.30. The van der Waals surface area contributed by atoms with Crippen LogP contribution in [-0.4, -0.2) is 41.4 Å². The zero-order valence-corrected chi connectivity index (χ0v) is 15.2. The predicted molar refractivity (Wildman–Crippen MR) is 94.3 cm³/mol. The van der Waals surface area contributed by atoms with Crippen LogP contribution < -0.4 is 10.6 Å². The van der Waals surface area contributed by atoms with Crippen LogP contribution in [0.1, 0.15) is 44.1 Å². The third-order valence-electron chi connectivity index (χ3n) is 5.22. The third-order valence-corrected chi connectivity index (χ3v) is 5.53. The second kappa shape index (κ2) is 7.23. The van der Waals surface area contributed by atoms with E-state index in [0.29, 0.717) is 13.1 Å². The van der Waals surface area contributed by atoms with Crippen LogP contribution in [0.15, 0.2) is 18.2 Å². The number of hydrogen-bond donors (Lipinski definition) is 2. The van der Waals surface area contributed by atoms with E-state index in [4.69, 9.17) is 11.6 Å². The Hall–Kier alpha value is -2.15. The smallest absolute Gasteiger partial charge is 0.322 e. The van der Waals surface area contributed by atoms with Gasteiger partial charge in [-0.25, -0.2) is 9.18 Å². The predicted octanol–water partition coefficient (Wildman–Crippen LogP) is 2.56. The van der Waals surface area contributed by atoms with Crippen LogP contribution in [0.25, 0.3) is 0 Å². The largest absolute Gasteiger partial charge is 0.343 e. The minimum Gasteiger partial charge on any atom is -0.343 e. The summed E-state index contributed by atoms with van der Waals surface area (Å²) < 4.78 is 13.6. The number of amides is 4. The van der Waals surface area contributed by atoms with Gasteiger partial charge in [-0.3, -0.25) is 14.9 Å². The van der Waals surface area contributed by atoms with Crippen molar-refractivity contribution in [2.45, 2.75) is 44.1 Å². The monoisotopic (exact) mass is 381 g/mol. The third kappa shape index (κ3) is 3.82. The summed E-state index contributed by atoms with van der Waals surface area (Å²) in [6.07, 6.45) is 1.94. The number of urea groups is 1. The van der Waals surface area contributed by atoms with Crippen LogP contribution in [-0.2, 0) is 9.59 Å². The summed E-state index contributed by atoms with van der Waals surface area (Å²) in [5.41, 5.74) is -0.136. The molecule has 8 heteroatoms. The summed E-state index contributed by atoms with van der Waals surface area (Å²) in [5.74, 6) is -0.671. The molecule has 2 fully saturated rings.